The Kier molecular flexibility index (Phi) is 2.92. The average molecular weight is 251 g/mol. The maximum Gasteiger partial charge on any atom is 0.227 e. The fourth-order valence-corrected chi connectivity index (χ4v) is 3.79. The SMILES string of the molecule is O=C(Cc1ccsc1)N1CC2CCC(O)C2C1. The number of rotatable bonds is 2. The standard InChI is InChI=1S/C13H17NO2S/c15-12-2-1-10-6-14(7-11(10)12)13(16)5-9-3-4-17-8-9/h3-4,8,10-12,15H,1-2,5-7H2. The minimum atomic E-state index is -0.182. The number of aliphatic hydroxyl groups excluding tert-OH is 1. The highest BCUT2D eigenvalue weighted by Crippen LogP contribution is 2.38. The predicted octanol–water partition coefficient (Wildman–Crippen LogP) is 1.52. The molecule has 3 rings (SSSR count). The predicted molar refractivity (Wildman–Crippen MR) is 66.8 cm³/mol. The maximum absolute atomic E-state index is 12.1. The van der Waals surface area contributed by atoms with Gasteiger partial charge in [0.15, 0.2) is 0 Å². The summed E-state index contributed by atoms with van der Waals surface area (Å²) in [7, 11) is 0. The Balaban J connectivity index is 1.61. The summed E-state index contributed by atoms with van der Waals surface area (Å²) in [6.07, 6.45) is 2.33. The van der Waals surface area contributed by atoms with E-state index in [9.17, 15) is 9.90 Å². The molecule has 3 unspecified atom stereocenters. The molecule has 1 aromatic heterocycles. The zero-order valence-corrected chi connectivity index (χ0v) is 10.5. The molecule has 0 aromatic carbocycles. The molecule has 2 heterocycles. The number of hydrogen-bond donors (Lipinski definition) is 1. The van der Waals surface area contributed by atoms with Gasteiger partial charge in [-0.2, -0.15) is 11.3 Å². The smallest absolute Gasteiger partial charge is 0.227 e. The molecular formula is C13H17NO2S. The van der Waals surface area contributed by atoms with E-state index in [0.29, 0.717) is 18.3 Å². The topological polar surface area (TPSA) is 40.5 Å². The van der Waals surface area contributed by atoms with Gasteiger partial charge in [0.05, 0.1) is 12.5 Å². The summed E-state index contributed by atoms with van der Waals surface area (Å²) in [6.45, 7) is 1.61. The van der Waals surface area contributed by atoms with Gasteiger partial charge in [0.25, 0.3) is 0 Å². The van der Waals surface area contributed by atoms with Crippen molar-refractivity contribution in [2.75, 3.05) is 13.1 Å². The van der Waals surface area contributed by atoms with Crippen molar-refractivity contribution in [3.05, 3.63) is 22.4 Å². The van der Waals surface area contributed by atoms with E-state index in [2.05, 4.69) is 0 Å². The molecule has 3 atom stereocenters. The molecule has 1 N–H and O–H groups in total. The molecule has 3 nitrogen and oxygen atoms in total. The lowest BCUT2D eigenvalue weighted by Crippen LogP contribution is -2.32. The van der Waals surface area contributed by atoms with Gasteiger partial charge in [0.1, 0.15) is 0 Å². The van der Waals surface area contributed by atoms with Crippen LogP contribution in [0.25, 0.3) is 0 Å². The van der Waals surface area contributed by atoms with Gasteiger partial charge < -0.3 is 10.0 Å². The quantitative estimate of drug-likeness (QED) is 0.865. The van der Waals surface area contributed by atoms with E-state index in [1.807, 2.05) is 21.7 Å². The minimum absolute atomic E-state index is 0.182. The molecule has 1 aliphatic carbocycles. The summed E-state index contributed by atoms with van der Waals surface area (Å²) in [5.41, 5.74) is 1.11. The third kappa shape index (κ3) is 2.11. The van der Waals surface area contributed by atoms with Crippen LogP contribution in [0.15, 0.2) is 16.8 Å². The molecule has 0 radical (unpaired) electrons. The van der Waals surface area contributed by atoms with E-state index in [4.69, 9.17) is 0 Å². The van der Waals surface area contributed by atoms with Crippen LogP contribution in [0.5, 0.6) is 0 Å². The van der Waals surface area contributed by atoms with Crippen LogP contribution in [0.1, 0.15) is 18.4 Å². The average Bonchev–Trinajstić information content (AvgIpc) is 2.97. The van der Waals surface area contributed by atoms with E-state index in [1.165, 1.54) is 0 Å². The van der Waals surface area contributed by atoms with Crippen molar-refractivity contribution in [2.45, 2.75) is 25.4 Å². The summed E-state index contributed by atoms with van der Waals surface area (Å²) in [6, 6.07) is 2.01. The van der Waals surface area contributed by atoms with Crippen LogP contribution >= 0.6 is 11.3 Å². The molecule has 0 bridgehead atoms. The van der Waals surface area contributed by atoms with Crippen LogP contribution in [0.3, 0.4) is 0 Å². The van der Waals surface area contributed by atoms with E-state index < -0.39 is 0 Å². The summed E-state index contributed by atoms with van der Waals surface area (Å²) in [4.78, 5) is 14.0. The van der Waals surface area contributed by atoms with Gasteiger partial charge >= 0.3 is 0 Å². The number of aliphatic hydroxyl groups is 1. The van der Waals surface area contributed by atoms with Crippen molar-refractivity contribution < 1.29 is 9.90 Å². The van der Waals surface area contributed by atoms with Crippen molar-refractivity contribution in [3.8, 4) is 0 Å². The number of nitrogens with zero attached hydrogens (tertiary/aromatic N) is 1. The zero-order chi connectivity index (χ0) is 11.8. The van der Waals surface area contributed by atoms with Crippen molar-refractivity contribution in [1.82, 2.24) is 4.90 Å². The van der Waals surface area contributed by atoms with Crippen molar-refractivity contribution in [2.24, 2.45) is 11.8 Å². The Morgan fingerprint density at radius 3 is 3.06 bits per heavy atom. The van der Waals surface area contributed by atoms with Crippen LogP contribution in [-0.2, 0) is 11.2 Å². The van der Waals surface area contributed by atoms with Gasteiger partial charge in [-0.25, -0.2) is 0 Å². The number of carbonyl (C=O) groups excluding carboxylic acids is 1. The van der Waals surface area contributed by atoms with Crippen molar-refractivity contribution in [3.63, 3.8) is 0 Å². The molecule has 1 aromatic rings. The lowest BCUT2D eigenvalue weighted by atomic mass is 10.00. The third-order valence-corrected chi connectivity index (χ3v) is 4.84. The van der Waals surface area contributed by atoms with Crippen LogP contribution in [0, 0.1) is 11.8 Å². The lowest BCUT2D eigenvalue weighted by molar-refractivity contribution is -0.129. The first-order valence-corrected chi connectivity index (χ1v) is 7.15. The van der Waals surface area contributed by atoms with Gasteiger partial charge in [-0.1, -0.05) is 0 Å². The first-order valence-electron chi connectivity index (χ1n) is 6.21. The molecule has 1 amide bonds. The van der Waals surface area contributed by atoms with E-state index in [-0.39, 0.29) is 12.0 Å². The molecule has 17 heavy (non-hydrogen) atoms. The second-order valence-corrected chi connectivity index (χ2v) is 5.96. The molecule has 2 fully saturated rings. The molecule has 4 heteroatoms. The Bertz CT molecular complexity index is 404. The molecule has 0 spiro atoms. The van der Waals surface area contributed by atoms with Gasteiger partial charge in [-0.3, -0.25) is 4.79 Å². The second-order valence-electron chi connectivity index (χ2n) is 5.18. The van der Waals surface area contributed by atoms with Crippen molar-refractivity contribution >= 4 is 17.2 Å². The van der Waals surface area contributed by atoms with Crippen LogP contribution in [0.2, 0.25) is 0 Å². The molecule has 1 saturated carbocycles. The third-order valence-electron chi connectivity index (χ3n) is 4.11. The zero-order valence-electron chi connectivity index (χ0n) is 9.71. The van der Waals surface area contributed by atoms with Gasteiger partial charge in [-0.05, 0) is 41.1 Å². The highest BCUT2D eigenvalue weighted by molar-refractivity contribution is 7.07. The summed E-state index contributed by atoms with van der Waals surface area (Å²) < 4.78 is 0. The Morgan fingerprint density at radius 1 is 1.47 bits per heavy atom. The summed E-state index contributed by atoms with van der Waals surface area (Å²) in [5, 5.41) is 13.9. The highest BCUT2D eigenvalue weighted by Gasteiger charge is 2.43. The Hall–Kier alpha value is -0.870. The van der Waals surface area contributed by atoms with Gasteiger partial charge in [-0.15, -0.1) is 0 Å². The number of hydrogen-bond acceptors (Lipinski definition) is 3. The number of amides is 1. The number of carbonyl (C=O) groups is 1. The summed E-state index contributed by atoms with van der Waals surface area (Å²) >= 11 is 1.63. The van der Waals surface area contributed by atoms with Crippen LogP contribution in [-0.4, -0.2) is 35.1 Å². The van der Waals surface area contributed by atoms with Gasteiger partial charge in [0.2, 0.25) is 5.91 Å². The molecule has 1 saturated heterocycles. The summed E-state index contributed by atoms with van der Waals surface area (Å²) in [5.74, 6) is 1.09. The first kappa shape index (κ1) is 11.2. The first-order chi connectivity index (χ1) is 8.24. The minimum Gasteiger partial charge on any atom is -0.393 e. The number of fused-ring (bicyclic) bond motifs is 1. The molecule has 92 valence electrons. The van der Waals surface area contributed by atoms with Crippen molar-refractivity contribution in [1.29, 1.82) is 0 Å². The van der Waals surface area contributed by atoms with Gasteiger partial charge in [0, 0.05) is 19.0 Å². The Labute approximate surface area is 105 Å². The fraction of sp³-hybridized carbons (Fsp3) is 0.615. The van der Waals surface area contributed by atoms with Crippen LogP contribution < -0.4 is 0 Å². The monoisotopic (exact) mass is 251 g/mol. The lowest BCUT2D eigenvalue weighted by Gasteiger charge is -2.18. The number of likely N-dealkylation sites (tertiary alicyclic amines) is 1. The Morgan fingerprint density at radius 2 is 2.35 bits per heavy atom. The molecular weight excluding hydrogens is 234 g/mol. The van der Waals surface area contributed by atoms with E-state index in [1.54, 1.807) is 11.3 Å². The van der Waals surface area contributed by atoms with Crippen LogP contribution in [0.4, 0.5) is 0 Å². The highest BCUT2D eigenvalue weighted by atomic mass is 32.1. The molecule has 2 aliphatic rings. The van der Waals surface area contributed by atoms with E-state index >= 15 is 0 Å². The number of thiophene rings is 1. The fourth-order valence-electron chi connectivity index (χ4n) is 3.12. The normalized spacial score (nSPS) is 31.8. The maximum atomic E-state index is 12.1. The van der Waals surface area contributed by atoms with E-state index in [0.717, 1.165) is 31.5 Å². The second kappa shape index (κ2) is 4.42. The largest absolute Gasteiger partial charge is 0.393 e. The molecule has 1 aliphatic heterocycles.